The fraction of sp³-hybridized carbons (Fsp3) is 0.875. The molecule has 2 heteroatoms. The van der Waals surface area contributed by atoms with Gasteiger partial charge in [0.2, 0.25) is 0 Å². The summed E-state index contributed by atoms with van der Waals surface area (Å²) in [4.78, 5) is 12.3. The molecule has 0 bridgehead atoms. The second-order valence-electron chi connectivity index (χ2n) is 9.04. The number of hydrogen-bond donors (Lipinski definition) is 1. The van der Waals surface area contributed by atoms with Crippen molar-refractivity contribution in [3.63, 3.8) is 0 Å². The molecule has 26 heavy (non-hydrogen) atoms. The Morgan fingerprint density at radius 3 is 1.62 bits per heavy atom. The van der Waals surface area contributed by atoms with Crippen molar-refractivity contribution in [1.29, 1.82) is 0 Å². The molecule has 2 N–H and O–H groups in total. The number of allylic oxidation sites excluding steroid dienone is 1. The molecule has 0 aliphatic carbocycles. The molecule has 0 aromatic carbocycles. The van der Waals surface area contributed by atoms with Crippen LogP contribution in [0.1, 0.15) is 118 Å². The third-order valence-corrected chi connectivity index (χ3v) is 5.76. The number of unbranched alkanes of at least 4 members (excludes halogenated alkanes) is 11. The van der Waals surface area contributed by atoms with Crippen LogP contribution in [0.15, 0.2) is 12.2 Å². The smallest absolute Gasteiger partial charge is 0.161 e. The molecule has 154 valence electrons. The van der Waals surface area contributed by atoms with E-state index in [0.717, 1.165) is 6.42 Å². The van der Waals surface area contributed by atoms with Gasteiger partial charge >= 0.3 is 0 Å². The van der Waals surface area contributed by atoms with Gasteiger partial charge < -0.3 is 5.73 Å². The van der Waals surface area contributed by atoms with E-state index in [0.29, 0.717) is 5.57 Å². The van der Waals surface area contributed by atoms with E-state index in [-0.39, 0.29) is 23.2 Å². The van der Waals surface area contributed by atoms with Crippen LogP contribution in [0.25, 0.3) is 0 Å². The second kappa shape index (κ2) is 14.4. The molecular formula is C24H47NO. The summed E-state index contributed by atoms with van der Waals surface area (Å²) >= 11 is 0. The summed E-state index contributed by atoms with van der Waals surface area (Å²) in [6, 6.07) is 0. The topological polar surface area (TPSA) is 43.1 Å². The third-order valence-electron chi connectivity index (χ3n) is 5.76. The summed E-state index contributed by atoms with van der Waals surface area (Å²) in [6.45, 7) is 14.0. The van der Waals surface area contributed by atoms with Crippen molar-refractivity contribution in [2.45, 2.75) is 124 Å². The van der Waals surface area contributed by atoms with Gasteiger partial charge in [0.1, 0.15) is 0 Å². The molecule has 0 amide bonds. The fourth-order valence-corrected chi connectivity index (χ4v) is 4.04. The maximum absolute atomic E-state index is 12.3. The van der Waals surface area contributed by atoms with Crippen LogP contribution in [0.4, 0.5) is 0 Å². The molecule has 2 nitrogen and oxygen atoms in total. The molecule has 0 aromatic rings. The maximum atomic E-state index is 12.3. The summed E-state index contributed by atoms with van der Waals surface area (Å²) in [6.07, 6.45) is 17.3. The zero-order valence-corrected chi connectivity index (χ0v) is 18.5. The minimum Gasteiger partial charge on any atom is -0.325 e. The van der Waals surface area contributed by atoms with Crippen LogP contribution in [0.5, 0.6) is 0 Å². The van der Waals surface area contributed by atoms with Gasteiger partial charge in [0.15, 0.2) is 5.78 Å². The number of Topliss-reactive ketones (excluding diaryl/α,β-unsaturated/α-hetero) is 1. The molecule has 0 radical (unpaired) electrons. The molecule has 0 spiro atoms. The molecule has 0 rings (SSSR count). The Morgan fingerprint density at radius 2 is 1.27 bits per heavy atom. The summed E-state index contributed by atoms with van der Waals surface area (Å²) in [5.74, 6) is 0.377. The van der Waals surface area contributed by atoms with Crippen molar-refractivity contribution >= 4 is 5.78 Å². The summed E-state index contributed by atoms with van der Waals surface area (Å²) in [7, 11) is 0. The van der Waals surface area contributed by atoms with Crippen molar-refractivity contribution in [3.8, 4) is 0 Å². The average Bonchev–Trinajstić information content (AvgIpc) is 2.56. The highest BCUT2D eigenvalue weighted by molar-refractivity contribution is 5.96. The van der Waals surface area contributed by atoms with Gasteiger partial charge in [-0.3, -0.25) is 4.79 Å². The maximum Gasteiger partial charge on any atom is 0.161 e. The van der Waals surface area contributed by atoms with Crippen LogP contribution >= 0.6 is 0 Å². The number of carbonyl (C=O) groups excluding carboxylic acids is 1. The van der Waals surface area contributed by atoms with E-state index in [1.54, 1.807) is 0 Å². The molecule has 0 heterocycles. The molecule has 0 aliphatic heterocycles. The molecule has 0 saturated heterocycles. The van der Waals surface area contributed by atoms with E-state index < -0.39 is 0 Å². The Morgan fingerprint density at radius 1 is 0.885 bits per heavy atom. The first-order valence-corrected chi connectivity index (χ1v) is 11.2. The Kier molecular flexibility index (Phi) is 14.1. The molecule has 0 aliphatic rings. The van der Waals surface area contributed by atoms with Gasteiger partial charge in [-0.05, 0) is 38.7 Å². The first-order chi connectivity index (χ1) is 12.2. The van der Waals surface area contributed by atoms with Crippen molar-refractivity contribution in [2.75, 3.05) is 0 Å². The Balaban J connectivity index is 3.87. The second-order valence-corrected chi connectivity index (χ2v) is 9.04. The standard InChI is InChI=1S/C24H47NO/c1-7-8-9-10-11-12-13-14-15-16-17-18-19-22(24(5,6)25)21(4)23(26)20(2)3/h21-22H,2,7-19,25H2,1,3-6H3. The van der Waals surface area contributed by atoms with Crippen molar-refractivity contribution in [1.82, 2.24) is 0 Å². The number of hydrogen-bond acceptors (Lipinski definition) is 2. The lowest BCUT2D eigenvalue weighted by Crippen LogP contribution is -2.46. The van der Waals surface area contributed by atoms with Crippen LogP contribution in [0.2, 0.25) is 0 Å². The number of carbonyl (C=O) groups is 1. The molecule has 2 atom stereocenters. The average molecular weight is 366 g/mol. The van der Waals surface area contributed by atoms with Gasteiger partial charge in [0.25, 0.3) is 0 Å². The van der Waals surface area contributed by atoms with Gasteiger partial charge in [-0.1, -0.05) is 97.5 Å². The van der Waals surface area contributed by atoms with Crippen LogP contribution < -0.4 is 5.73 Å². The predicted molar refractivity (Wildman–Crippen MR) is 116 cm³/mol. The van der Waals surface area contributed by atoms with Crippen LogP contribution in [-0.2, 0) is 4.79 Å². The third kappa shape index (κ3) is 11.9. The van der Waals surface area contributed by atoms with E-state index in [1.807, 2.05) is 13.8 Å². The molecular weight excluding hydrogens is 318 g/mol. The highest BCUT2D eigenvalue weighted by Gasteiger charge is 2.33. The zero-order chi connectivity index (χ0) is 20.0. The lowest BCUT2D eigenvalue weighted by Gasteiger charge is -2.35. The summed E-state index contributed by atoms with van der Waals surface area (Å²) in [5, 5.41) is 0. The SMILES string of the molecule is C=C(C)C(=O)C(C)C(CCCCCCCCCCCCCC)C(C)(C)N. The normalized spacial score (nSPS) is 14.2. The Labute approximate surface area is 164 Å². The van der Waals surface area contributed by atoms with Gasteiger partial charge in [0.05, 0.1) is 0 Å². The van der Waals surface area contributed by atoms with Crippen LogP contribution in [0, 0.1) is 11.8 Å². The Hall–Kier alpha value is -0.630. The first-order valence-electron chi connectivity index (χ1n) is 11.2. The minimum atomic E-state index is -0.317. The zero-order valence-electron chi connectivity index (χ0n) is 18.5. The van der Waals surface area contributed by atoms with E-state index >= 15 is 0 Å². The molecule has 0 aromatic heterocycles. The predicted octanol–water partition coefficient (Wildman–Crippen LogP) is 7.21. The first kappa shape index (κ1) is 25.4. The van der Waals surface area contributed by atoms with Crippen molar-refractivity contribution < 1.29 is 4.79 Å². The number of ketones is 1. The minimum absolute atomic E-state index is 0.0276. The fourth-order valence-electron chi connectivity index (χ4n) is 4.04. The Bertz CT molecular complexity index is 380. The van der Waals surface area contributed by atoms with E-state index in [9.17, 15) is 4.79 Å². The molecule has 0 fully saturated rings. The molecule has 0 saturated carbocycles. The van der Waals surface area contributed by atoms with Gasteiger partial charge in [-0.2, -0.15) is 0 Å². The summed E-state index contributed by atoms with van der Waals surface area (Å²) < 4.78 is 0. The highest BCUT2D eigenvalue weighted by atomic mass is 16.1. The van der Waals surface area contributed by atoms with Crippen molar-refractivity contribution in [3.05, 3.63) is 12.2 Å². The van der Waals surface area contributed by atoms with E-state index in [4.69, 9.17) is 5.73 Å². The van der Waals surface area contributed by atoms with Crippen LogP contribution in [0.3, 0.4) is 0 Å². The monoisotopic (exact) mass is 365 g/mol. The highest BCUT2D eigenvalue weighted by Crippen LogP contribution is 2.30. The van der Waals surface area contributed by atoms with Gasteiger partial charge in [0, 0.05) is 11.5 Å². The number of rotatable bonds is 17. The van der Waals surface area contributed by atoms with E-state index in [2.05, 4.69) is 27.4 Å². The lowest BCUT2D eigenvalue weighted by atomic mass is 9.73. The quantitative estimate of drug-likeness (QED) is 0.218. The van der Waals surface area contributed by atoms with Crippen LogP contribution in [-0.4, -0.2) is 11.3 Å². The molecule has 2 unspecified atom stereocenters. The lowest BCUT2D eigenvalue weighted by molar-refractivity contribution is -0.121. The largest absolute Gasteiger partial charge is 0.325 e. The number of nitrogens with two attached hydrogens (primary N) is 1. The van der Waals surface area contributed by atoms with Crippen molar-refractivity contribution in [2.24, 2.45) is 17.6 Å². The van der Waals surface area contributed by atoms with Gasteiger partial charge in [-0.15, -0.1) is 0 Å². The summed E-state index contributed by atoms with van der Waals surface area (Å²) in [5.41, 5.74) is 6.71. The van der Waals surface area contributed by atoms with Gasteiger partial charge in [-0.25, -0.2) is 0 Å². The van der Waals surface area contributed by atoms with E-state index in [1.165, 1.54) is 77.0 Å².